The first-order valence-electron chi connectivity index (χ1n) is 9.93. The topological polar surface area (TPSA) is 111 Å². The number of non-ortho nitro benzene ring substituents is 1. The first-order chi connectivity index (χ1) is 14.8. The molecule has 31 heavy (non-hydrogen) atoms. The summed E-state index contributed by atoms with van der Waals surface area (Å²) in [6.45, 7) is 2.17. The van der Waals surface area contributed by atoms with Crippen LogP contribution in [0.2, 0.25) is 0 Å². The van der Waals surface area contributed by atoms with Gasteiger partial charge in [0.2, 0.25) is 5.91 Å². The van der Waals surface area contributed by atoms with Gasteiger partial charge < -0.3 is 19.7 Å². The lowest BCUT2D eigenvalue weighted by atomic mass is 10.0. The van der Waals surface area contributed by atoms with E-state index in [1.807, 2.05) is 12.1 Å². The molecular formula is C22H25N3O6. The normalized spacial score (nSPS) is 16.5. The highest BCUT2D eigenvalue weighted by Gasteiger charge is 2.34. The molecule has 164 valence electrons. The Morgan fingerprint density at radius 1 is 1.19 bits per heavy atom. The summed E-state index contributed by atoms with van der Waals surface area (Å²) in [7, 11) is 3.15. The molecule has 1 N–H and O–H groups in total. The van der Waals surface area contributed by atoms with Crippen LogP contribution in [-0.4, -0.2) is 48.4 Å². The number of carbonyl (C=O) groups excluding carboxylic acids is 2. The average Bonchev–Trinajstić information content (AvgIpc) is 3.27. The third-order valence-corrected chi connectivity index (χ3v) is 5.37. The number of carbonyl (C=O) groups is 2. The van der Waals surface area contributed by atoms with Gasteiger partial charge in [0.05, 0.1) is 25.2 Å². The van der Waals surface area contributed by atoms with Gasteiger partial charge in [0.15, 0.2) is 0 Å². The molecule has 9 heteroatoms. The van der Waals surface area contributed by atoms with E-state index in [9.17, 15) is 19.7 Å². The van der Waals surface area contributed by atoms with Gasteiger partial charge in [-0.3, -0.25) is 19.7 Å². The molecule has 0 spiro atoms. The van der Waals surface area contributed by atoms with E-state index in [0.717, 1.165) is 18.4 Å². The number of hydrogen-bond acceptors (Lipinski definition) is 6. The number of hydrogen-bond donors (Lipinski definition) is 1. The minimum absolute atomic E-state index is 0.128. The monoisotopic (exact) mass is 427 g/mol. The van der Waals surface area contributed by atoms with E-state index in [-0.39, 0.29) is 23.2 Å². The van der Waals surface area contributed by atoms with Crippen molar-refractivity contribution in [3.8, 4) is 11.5 Å². The zero-order chi connectivity index (χ0) is 22.5. The summed E-state index contributed by atoms with van der Waals surface area (Å²) in [5.41, 5.74) is 0.827. The second-order valence-corrected chi connectivity index (χ2v) is 7.30. The van der Waals surface area contributed by atoms with Gasteiger partial charge in [-0.15, -0.1) is 0 Å². The molecule has 2 aromatic carbocycles. The van der Waals surface area contributed by atoms with E-state index in [0.29, 0.717) is 18.0 Å². The van der Waals surface area contributed by atoms with Crippen LogP contribution in [0.25, 0.3) is 0 Å². The number of nitro groups is 1. The predicted octanol–water partition coefficient (Wildman–Crippen LogP) is 3.09. The Morgan fingerprint density at radius 2 is 1.97 bits per heavy atom. The molecule has 2 aromatic rings. The van der Waals surface area contributed by atoms with Crippen molar-refractivity contribution in [2.24, 2.45) is 0 Å². The summed E-state index contributed by atoms with van der Waals surface area (Å²) < 4.78 is 10.7. The van der Waals surface area contributed by atoms with Gasteiger partial charge in [-0.05, 0) is 38.0 Å². The lowest BCUT2D eigenvalue weighted by molar-refractivity contribution is -0.384. The van der Waals surface area contributed by atoms with Crippen LogP contribution in [0.3, 0.4) is 0 Å². The van der Waals surface area contributed by atoms with Crippen LogP contribution in [0, 0.1) is 10.1 Å². The van der Waals surface area contributed by atoms with E-state index < -0.39 is 16.9 Å². The minimum atomic E-state index is -0.795. The maximum atomic E-state index is 13.1. The van der Waals surface area contributed by atoms with Crippen molar-refractivity contribution in [2.75, 3.05) is 20.8 Å². The Hall–Kier alpha value is -3.62. The maximum Gasteiger partial charge on any atom is 0.270 e. The number of rotatable bonds is 7. The van der Waals surface area contributed by atoms with Crippen LogP contribution >= 0.6 is 0 Å². The first-order valence-corrected chi connectivity index (χ1v) is 9.93. The molecule has 0 aliphatic carbocycles. The molecule has 1 fully saturated rings. The number of nitrogens with zero attached hydrogens (tertiary/aromatic N) is 2. The van der Waals surface area contributed by atoms with Crippen LogP contribution in [0.5, 0.6) is 11.5 Å². The molecule has 1 saturated heterocycles. The highest BCUT2D eigenvalue weighted by molar-refractivity contribution is 5.98. The Balaban J connectivity index is 1.75. The van der Waals surface area contributed by atoms with Gasteiger partial charge in [-0.1, -0.05) is 6.07 Å². The number of amides is 2. The molecule has 1 heterocycles. The third-order valence-electron chi connectivity index (χ3n) is 5.37. The van der Waals surface area contributed by atoms with Crippen molar-refractivity contribution in [1.82, 2.24) is 10.2 Å². The lowest BCUT2D eigenvalue weighted by Crippen LogP contribution is -2.46. The molecule has 1 aliphatic rings. The van der Waals surface area contributed by atoms with Crippen molar-refractivity contribution in [1.29, 1.82) is 0 Å². The number of benzene rings is 2. The van der Waals surface area contributed by atoms with Gasteiger partial charge in [0, 0.05) is 35.9 Å². The fourth-order valence-corrected chi connectivity index (χ4v) is 3.80. The molecule has 2 unspecified atom stereocenters. The molecule has 2 amide bonds. The smallest absolute Gasteiger partial charge is 0.270 e. The van der Waals surface area contributed by atoms with Gasteiger partial charge in [0.1, 0.15) is 17.5 Å². The SMILES string of the molecule is COc1ccc(C2CCCN2C(=O)C(C)NC(=O)c2cccc([N+](=O)[O-])c2)c(OC)c1. The van der Waals surface area contributed by atoms with E-state index in [2.05, 4.69) is 5.32 Å². The number of nitrogens with one attached hydrogen (secondary N) is 1. The summed E-state index contributed by atoms with van der Waals surface area (Å²) in [5.74, 6) is 0.535. The highest BCUT2D eigenvalue weighted by atomic mass is 16.6. The molecule has 1 aliphatic heterocycles. The molecule has 0 radical (unpaired) electrons. The molecule has 0 saturated carbocycles. The van der Waals surface area contributed by atoms with Crippen LogP contribution in [0.1, 0.15) is 41.7 Å². The number of nitro benzene ring substituents is 1. The second-order valence-electron chi connectivity index (χ2n) is 7.30. The first kappa shape index (κ1) is 22.1. The van der Waals surface area contributed by atoms with Gasteiger partial charge >= 0.3 is 0 Å². The Bertz CT molecular complexity index is 993. The largest absolute Gasteiger partial charge is 0.497 e. The molecule has 9 nitrogen and oxygen atoms in total. The van der Waals surface area contributed by atoms with Crippen LogP contribution in [0.15, 0.2) is 42.5 Å². The Morgan fingerprint density at radius 3 is 2.65 bits per heavy atom. The molecule has 3 rings (SSSR count). The van der Waals surface area contributed by atoms with Crippen molar-refractivity contribution in [2.45, 2.75) is 31.8 Å². The zero-order valence-electron chi connectivity index (χ0n) is 17.7. The Kier molecular flexibility index (Phi) is 6.74. The molecule has 2 atom stereocenters. The maximum absolute atomic E-state index is 13.1. The number of methoxy groups -OCH3 is 2. The summed E-state index contributed by atoms with van der Waals surface area (Å²) in [4.78, 5) is 37.8. The van der Waals surface area contributed by atoms with E-state index in [4.69, 9.17) is 9.47 Å². The van der Waals surface area contributed by atoms with E-state index in [1.165, 1.54) is 24.3 Å². The highest BCUT2D eigenvalue weighted by Crippen LogP contribution is 2.39. The van der Waals surface area contributed by atoms with Gasteiger partial charge in [0.25, 0.3) is 11.6 Å². The van der Waals surface area contributed by atoms with E-state index in [1.54, 1.807) is 32.1 Å². The van der Waals surface area contributed by atoms with Crippen molar-refractivity contribution in [3.63, 3.8) is 0 Å². The van der Waals surface area contributed by atoms with Crippen LogP contribution in [0.4, 0.5) is 5.69 Å². The van der Waals surface area contributed by atoms with Crippen molar-refractivity contribution >= 4 is 17.5 Å². The van der Waals surface area contributed by atoms with Crippen LogP contribution in [-0.2, 0) is 4.79 Å². The fourth-order valence-electron chi connectivity index (χ4n) is 3.80. The van der Waals surface area contributed by atoms with Crippen molar-refractivity contribution in [3.05, 3.63) is 63.7 Å². The minimum Gasteiger partial charge on any atom is -0.497 e. The van der Waals surface area contributed by atoms with Crippen molar-refractivity contribution < 1.29 is 24.0 Å². The van der Waals surface area contributed by atoms with Gasteiger partial charge in [-0.25, -0.2) is 0 Å². The Labute approximate surface area is 180 Å². The van der Waals surface area contributed by atoms with Crippen LogP contribution < -0.4 is 14.8 Å². The molecule has 0 aromatic heterocycles. The summed E-state index contributed by atoms with van der Waals surface area (Å²) >= 11 is 0. The standard InChI is InChI=1S/C22H25N3O6/c1-14(23-21(26)15-6-4-7-16(12-15)25(28)29)22(27)24-11-5-8-19(24)18-10-9-17(30-2)13-20(18)31-3/h4,6-7,9-10,12-14,19H,5,8,11H2,1-3H3,(H,23,26). The average molecular weight is 427 g/mol. The summed E-state index contributed by atoms with van der Waals surface area (Å²) in [6.07, 6.45) is 1.61. The second kappa shape index (κ2) is 9.46. The lowest BCUT2D eigenvalue weighted by Gasteiger charge is -2.29. The quantitative estimate of drug-likeness (QED) is 0.537. The summed E-state index contributed by atoms with van der Waals surface area (Å²) in [5, 5.41) is 13.6. The zero-order valence-corrected chi connectivity index (χ0v) is 17.7. The fraction of sp³-hybridized carbons (Fsp3) is 0.364. The third kappa shape index (κ3) is 4.76. The number of ether oxygens (including phenoxy) is 2. The molecular weight excluding hydrogens is 402 g/mol. The number of likely N-dealkylation sites (tertiary alicyclic amines) is 1. The predicted molar refractivity (Wildman–Crippen MR) is 113 cm³/mol. The summed E-state index contributed by atoms with van der Waals surface area (Å²) in [6, 6.07) is 9.93. The molecule has 0 bridgehead atoms. The van der Waals surface area contributed by atoms with E-state index >= 15 is 0 Å². The van der Waals surface area contributed by atoms with Gasteiger partial charge in [-0.2, -0.15) is 0 Å².